The molecule has 0 unspecified atom stereocenters. The van der Waals surface area contributed by atoms with E-state index in [1.54, 1.807) is 20.8 Å². The predicted molar refractivity (Wildman–Crippen MR) is 103 cm³/mol. The van der Waals surface area contributed by atoms with Gasteiger partial charge in [-0.15, -0.1) is 0 Å². The summed E-state index contributed by atoms with van der Waals surface area (Å²) in [5, 5.41) is 11.0. The number of ether oxygens (including phenoxy) is 2. The molecule has 0 aliphatic heterocycles. The van der Waals surface area contributed by atoms with Gasteiger partial charge < -0.3 is 20.2 Å². The third kappa shape index (κ3) is 4.42. The first-order chi connectivity index (χ1) is 13.6. The Morgan fingerprint density at radius 1 is 1.24 bits per heavy atom. The molecule has 0 radical (unpaired) electrons. The number of anilines is 1. The molecule has 2 aromatic rings. The molecule has 0 saturated carbocycles. The minimum Gasteiger partial charge on any atom is -0.462 e. The first kappa shape index (κ1) is 21.6. The van der Waals surface area contributed by atoms with Crippen LogP contribution in [0.3, 0.4) is 0 Å². The molecule has 10 heteroatoms. The summed E-state index contributed by atoms with van der Waals surface area (Å²) in [6.45, 7) is 6.44. The molecule has 1 heterocycles. The minimum absolute atomic E-state index is 0.0975. The Balaban J connectivity index is 2.22. The van der Waals surface area contributed by atoms with Crippen molar-refractivity contribution in [3.8, 4) is 0 Å². The van der Waals surface area contributed by atoms with E-state index in [0.717, 1.165) is 6.07 Å². The highest BCUT2D eigenvalue weighted by Crippen LogP contribution is 2.24. The number of nitrogens with one attached hydrogen (secondary N) is 1. The van der Waals surface area contributed by atoms with Gasteiger partial charge in [-0.1, -0.05) is 0 Å². The van der Waals surface area contributed by atoms with E-state index in [4.69, 9.17) is 15.2 Å². The molecule has 0 saturated heterocycles. The second kappa shape index (κ2) is 8.55. The second-order valence-corrected chi connectivity index (χ2v) is 6.29. The number of hydrogen-bond donors (Lipinski definition) is 2. The van der Waals surface area contributed by atoms with E-state index in [1.165, 1.54) is 19.1 Å². The standard InChI is InChI=1S/C19H21N3O7/c1-5-28-19(25)15-9(2)16(21-10(15)3)17(23)11(4)29-18(24)12-6-7-13(20)14(8-12)22(26)27/h6-8,11,21H,5,20H2,1-4H3/t11-/m0/s1. The summed E-state index contributed by atoms with van der Waals surface area (Å²) in [7, 11) is 0. The number of carbonyl (C=O) groups is 3. The summed E-state index contributed by atoms with van der Waals surface area (Å²) in [6, 6.07) is 3.47. The number of Topliss-reactive ketones (excluding diaryl/α,β-unsaturated/α-hetero) is 1. The lowest BCUT2D eigenvalue weighted by atomic mass is 10.1. The Bertz CT molecular complexity index is 994. The van der Waals surface area contributed by atoms with Crippen molar-refractivity contribution in [2.24, 2.45) is 0 Å². The van der Waals surface area contributed by atoms with Gasteiger partial charge in [0, 0.05) is 11.8 Å². The average molecular weight is 403 g/mol. The van der Waals surface area contributed by atoms with Gasteiger partial charge in [-0.05, 0) is 45.4 Å². The zero-order chi connectivity index (χ0) is 21.9. The highest BCUT2D eigenvalue weighted by Gasteiger charge is 2.28. The number of nitro benzene ring substituents is 1. The fourth-order valence-electron chi connectivity index (χ4n) is 2.82. The van der Waals surface area contributed by atoms with Crippen molar-refractivity contribution in [3.63, 3.8) is 0 Å². The molecule has 1 aromatic carbocycles. The number of carbonyl (C=O) groups excluding carboxylic acids is 3. The van der Waals surface area contributed by atoms with Crippen LogP contribution in [0.5, 0.6) is 0 Å². The molecular weight excluding hydrogens is 382 g/mol. The van der Waals surface area contributed by atoms with Crippen molar-refractivity contribution in [1.29, 1.82) is 0 Å². The van der Waals surface area contributed by atoms with E-state index in [2.05, 4.69) is 4.98 Å². The molecule has 0 amide bonds. The number of hydrogen-bond acceptors (Lipinski definition) is 8. The fourth-order valence-corrected chi connectivity index (χ4v) is 2.82. The maximum atomic E-state index is 12.7. The zero-order valence-corrected chi connectivity index (χ0v) is 16.4. The molecule has 1 atom stereocenters. The Morgan fingerprint density at radius 3 is 2.48 bits per heavy atom. The van der Waals surface area contributed by atoms with Crippen molar-refractivity contribution in [2.75, 3.05) is 12.3 Å². The highest BCUT2D eigenvalue weighted by molar-refractivity contribution is 6.04. The maximum Gasteiger partial charge on any atom is 0.340 e. The second-order valence-electron chi connectivity index (χ2n) is 6.29. The Hall–Kier alpha value is -3.69. The van der Waals surface area contributed by atoms with Crippen LogP contribution in [0, 0.1) is 24.0 Å². The normalized spacial score (nSPS) is 11.6. The predicted octanol–water partition coefficient (Wildman–Crippen LogP) is 2.73. The van der Waals surface area contributed by atoms with E-state index < -0.39 is 34.4 Å². The number of benzene rings is 1. The number of H-pyrrole nitrogens is 1. The third-order valence-corrected chi connectivity index (χ3v) is 4.28. The lowest BCUT2D eigenvalue weighted by Gasteiger charge is -2.12. The molecule has 1 aromatic heterocycles. The van der Waals surface area contributed by atoms with Crippen LogP contribution in [0.1, 0.15) is 56.3 Å². The van der Waals surface area contributed by atoms with Gasteiger partial charge in [-0.3, -0.25) is 14.9 Å². The lowest BCUT2D eigenvalue weighted by molar-refractivity contribution is -0.383. The quantitative estimate of drug-likeness (QED) is 0.235. The van der Waals surface area contributed by atoms with E-state index in [0.29, 0.717) is 11.3 Å². The van der Waals surface area contributed by atoms with Crippen LogP contribution < -0.4 is 5.73 Å². The topological polar surface area (TPSA) is 155 Å². The van der Waals surface area contributed by atoms with Crippen molar-refractivity contribution in [2.45, 2.75) is 33.8 Å². The number of aromatic nitrogens is 1. The van der Waals surface area contributed by atoms with Crippen LogP contribution in [-0.2, 0) is 9.47 Å². The zero-order valence-electron chi connectivity index (χ0n) is 16.4. The molecular formula is C19H21N3O7. The number of esters is 2. The van der Waals surface area contributed by atoms with Crippen molar-refractivity contribution in [3.05, 3.63) is 56.4 Å². The number of nitro groups is 1. The number of aryl methyl sites for hydroxylation is 1. The molecule has 0 aliphatic rings. The monoisotopic (exact) mass is 403 g/mol. The van der Waals surface area contributed by atoms with Gasteiger partial charge in [0.15, 0.2) is 6.10 Å². The first-order valence-electron chi connectivity index (χ1n) is 8.73. The van der Waals surface area contributed by atoms with Gasteiger partial charge in [0.1, 0.15) is 5.69 Å². The van der Waals surface area contributed by atoms with Gasteiger partial charge in [0.05, 0.1) is 28.4 Å². The van der Waals surface area contributed by atoms with Crippen LogP contribution in [0.4, 0.5) is 11.4 Å². The molecule has 0 spiro atoms. The number of nitrogens with zero attached hydrogens (tertiary/aromatic N) is 1. The van der Waals surface area contributed by atoms with E-state index in [9.17, 15) is 24.5 Å². The van der Waals surface area contributed by atoms with Crippen molar-refractivity contribution < 1.29 is 28.8 Å². The average Bonchev–Trinajstić information content (AvgIpc) is 2.95. The van der Waals surface area contributed by atoms with Crippen LogP contribution in [0.2, 0.25) is 0 Å². The maximum absolute atomic E-state index is 12.7. The van der Waals surface area contributed by atoms with Crippen LogP contribution >= 0.6 is 0 Å². The molecule has 0 bridgehead atoms. The largest absolute Gasteiger partial charge is 0.462 e. The first-order valence-corrected chi connectivity index (χ1v) is 8.73. The summed E-state index contributed by atoms with van der Waals surface area (Å²) in [4.78, 5) is 50.2. The van der Waals surface area contributed by atoms with Gasteiger partial charge in [-0.2, -0.15) is 0 Å². The van der Waals surface area contributed by atoms with E-state index in [-0.39, 0.29) is 29.1 Å². The fraction of sp³-hybridized carbons (Fsp3) is 0.316. The molecule has 10 nitrogen and oxygen atoms in total. The molecule has 3 N–H and O–H groups in total. The van der Waals surface area contributed by atoms with Crippen LogP contribution in [0.25, 0.3) is 0 Å². The van der Waals surface area contributed by atoms with Crippen LogP contribution in [0.15, 0.2) is 18.2 Å². The number of nitrogens with two attached hydrogens (primary N) is 1. The van der Waals surface area contributed by atoms with Crippen molar-refractivity contribution >= 4 is 29.1 Å². The number of nitrogen functional groups attached to an aromatic ring is 1. The SMILES string of the molecule is CCOC(=O)c1c(C)[nH]c(C(=O)[C@H](C)OC(=O)c2ccc(N)c([N+](=O)[O-])c2)c1C. The Morgan fingerprint density at radius 2 is 1.90 bits per heavy atom. The van der Waals surface area contributed by atoms with Gasteiger partial charge in [-0.25, -0.2) is 9.59 Å². The summed E-state index contributed by atoms with van der Waals surface area (Å²) in [5.74, 6) is -2.03. The number of ketones is 1. The molecule has 2 rings (SSSR count). The Labute approximate surface area is 166 Å². The van der Waals surface area contributed by atoms with Gasteiger partial charge >= 0.3 is 11.9 Å². The lowest BCUT2D eigenvalue weighted by Crippen LogP contribution is -2.25. The van der Waals surface area contributed by atoms with Gasteiger partial charge in [0.25, 0.3) is 5.69 Å². The highest BCUT2D eigenvalue weighted by atomic mass is 16.6. The smallest absolute Gasteiger partial charge is 0.340 e. The molecule has 154 valence electrons. The summed E-state index contributed by atoms with van der Waals surface area (Å²) < 4.78 is 10.1. The molecule has 29 heavy (non-hydrogen) atoms. The van der Waals surface area contributed by atoms with Crippen LogP contribution in [-0.4, -0.2) is 40.3 Å². The minimum atomic E-state index is -1.20. The Kier molecular flexibility index (Phi) is 6.37. The van der Waals surface area contributed by atoms with E-state index >= 15 is 0 Å². The molecule has 0 aliphatic carbocycles. The van der Waals surface area contributed by atoms with E-state index in [1.807, 2.05) is 0 Å². The third-order valence-electron chi connectivity index (χ3n) is 4.28. The van der Waals surface area contributed by atoms with Crippen molar-refractivity contribution in [1.82, 2.24) is 4.98 Å². The summed E-state index contributed by atoms with van der Waals surface area (Å²) in [6.07, 6.45) is -1.20. The summed E-state index contributed by atoms with van der Waals surface area (Å²) >= 11 is 0. The number of rotatable bonds is 7. The number of aromatic amines is 1. The van der Waals surface area contributed by atoms with Gasteiger partial charge in [0.2, 0.25) is 5.78 Å². The molecule has 0 fully saturated rings. The summed E-state index contributed by atoms with van der Waals surface area (Å²) in [5.41, 5.74) is 6.07.